The fraction of sp³-hybridized carbons (Fsp3) is 0.200. The summed E-state index contributed by atoms with van der Waals surface area (Å²) in [5.41, 5.74) is 5.80. The summed E-state index contributed by atoms with van der Waals surface area (Å²) in [4.78, 5) is 0. The largest absolute Gasteiger partial charge is 0.455 e. The molecule has 8 aromatic rings. The first-order chi connectivity index (χ1) is 20.8. The van der Waals surface area contributed by atoms with Gasteiger partial charge >= 0.3 is 0 Å². The molecule has 0 unspecified atom stereocenters. The molecule has 6 aromatic carbocycles. The van der Waals surface area contributed by atoms with Crippen LogP contribution in [0.2, 0.25) is 0 Å². The number of aryl methyl sites for hydroxylation is 1. The summed E-state index contributed by atoms with van der Waals surface area (Å²) in [6.45, 7) is 2.28. The van der Waals surface area contributed by atoms with Crippen LogP contribution in [0.5, 0.6) is 0 Å². The highest BCUT2D eigenvalue weighted by atomic mass is 32.1. The molecule has 0 N–H and O–H groups in total. The fourth-order valence-corrected chi connectivity index (χ4v) is 7.97. The van der Waals surface area contributed by atoms with Crippen LogP contribution >= 0.6 is 11.3 Å². The molecule has 206 valence electrons. The van der Waals surface area contributed by atoms with Crippen molar-refractivity contribution in [1.82, 2.24) is 0 Å². The summed E-state index contributed by atoms with van der Waals surface area (Å²) >= 11 is 1.87. The van der Waals surface area contributed by atoms with Gasteiger partial charge in [-0.05, 0) is 76.7 Å². The van der Waals surface area contributed by atoms with E-state index in [2.05, 4.69) is 110 Å². The smallest absolute Gasteiger partial charge is 0.143 e. The molecule has 0 aliphatic rings. The van der Waals surface area contributed by atoms with E-state index in [1.807, 2.05) is 11.3 Å². The molecule has 0 spiro atoms. The molecule has 42 heavy (non-hydrogen) atoms. The average molecular weight is 563 g/mol. The van der Waals surface area contributed by atoms with Gasteiger partial charge in [-0.1, -0.05) is 106 Å². The molecule has 8 rings (SSSR count). The molecule has 2 heterocycles. The van der Waals surface area contributed by atoms with Gasteiger partial charge in [0.2, 0.25) is 0 Å². The van der Waals surface area contributed by atoms with E-state index in [9.17, 15) is 0 Å². The minimum atomic E-state index is 0.945. The lowest BCUT2D eigenvalue weighted by atomic mass is 9.97. The van der Waals surface area contributed by atoms with Gasteiger partial charge in [-0.15, -0.1) is 11.3 Å². The van der Waals surface area contributed by atoms with Crippen molar-refractivity contribution in [3.8, 4) is 11.1 Å². The summed E-state index contributed by atoms with van der Waals surface area (Å²) in [7, 11) is 0. The summed E-state index contributed by atoms with van der Waals surface area (Å²) in [6.07, 6.45) is 9.23. The predicted octanol–water partition coefficient (Wildman–Crippen LogP) is 12.8. The Bertz CT molecular complexity index is 2250. The second-order valence-electron chi connectivity index (χ2n) is 11.8. The monoisotopic (exact) mass is 562 g/mol. The number of unbranched alkanes of at least 4 members (excludes halogenated alkanes) is 5. The number of fused-ring (bicyclic) bond motifs is 10. The highest BCUT2D eigenvalue weighted by Crippen LogP contribution is 2.42. The number of furan rings is 1. The van der Waals surface area contributed by atoms with E-state index in [0.29, 0.717) is 0 Å². The van der Waals surface area contributed by atoms with Crippen LogP contribution in [0.4, 0.5) is 0 Å². The lowest BCUT2D eigenvalue weighted by Gasteiger charge is -2.07. The maximum atomic E-state index is 6.63. The zero-order valence-corrected chi connectivity index (χ0v) is 24.9. The summed E-state index contributed by atoms with van der Waals surface area (Å²) in [5, 5.41) is 10.1. The van der Waals surface area contributed by atoms with E-state index < -0.39 is 0 Å². The quantitative estimate of drug-likeness (QED) is 0.168. The molecule has 0 atom stereocenters. The third kappa shape index (κ3) is 4.37. The standard InChI is InChI=1S/C40H34OS/c1-2-3-4-5-6-7-10-26-13-14-28-24-29(16-15-27(28)23-26)30-17-18-31-33-19-22-36-34(39(33)41-37(31)25-30)20-21-35-32-11-8-9-12-38(32)42-40(35)36/h8-9,11-25H,2-7,10H2,1H3. The van der Waals surface area contributed by atoms with E-state index in [1.54, 1.807) is 0 Å². The minimum Gasteiger partial charge on any atom is -0.455 e. The Morgan fingerprint density at radius 2 is 1.21 bits per heavy atom. The normalized spacial score (nSPS) is 12.1. The van der Waals surface area contributed by atoms with Crippen LogP contribution in [-0.4, -0.2) is 0 Å². The SMILES string of the molecule is CCCCCCCCc1ccc2cc(-c3ccc4c(c3)oc3c4ccc4c3ccc3c5ccccc5sc34)ccc2c1. The number of benzene rings is 6. The first-order valence-corrected chi connectivity index (χ1v) is 16.3. The van der Waals surface area contributed by atoms with Crippen molar-refractivity contribution in [1.29, 1.82) is 0 Å². The molecule has 1 nitrogen and oxygen atoms in total. The fourth-order valence-electron chi connectivity index (χ4n) is 6.74. The van der Waals surface area contributed by atoms with Crippen LogP contribution in [-0.2, 0) is 6.42 Å². The second kappa shape index (κ2) is 10.6. The molecule has 0 amide bonds. The van der Waals surface area contributed by atoms with Crippen molar-refractivity contribution in [2.45, 2.75) is 51.9 Å². The first kappa shape index (κ1) is 25.6. The Labute approximate surface area is 250 Å². The molecule has 2 aromatic heterocycles. The van der Waals surface area contributed by atoms with Crippen molar-refractivity contribution >= 4 is 75.0 Å². The number of hydrogen-bond donors (Lipinski definition) is 0. The van der Waals surface area contributed by atoms with Gasteiger partial charge in [-0.3, -0.25) is 0 Å². The van der Waals surface area contributed by atoms with Crippen molar-refractivity contribution in [2.24, 2.45) is 0 Å². The second-order valence-corrected chi connectivity index (χ2v) is 12.9. The molecule has 2 heteroatoms. The number of thiophene rings is 1. The average Bonchev–Trinajstić information content (AvgIpc) is 3.60. The van der Waals surface area contributed by atoms with Crippen LogP contribution in [0.15, 0.2) is 108 Å². The Morgan fingerprint density at radius 3 is 2.12 bits per heavy atom. The Morgan fingerprint density at radius 1 is 0.548 bits per heavy atom. The lowest BCUT2D eigenvalue weighted by Crippen LogP contribution is -1.87. The summed E-state index contributed by atoms with van der Waals surface area (Å²) in [6, 6.07) is 38.3. The van der Waals surface area contributed by atoms with Gasteiger partial charge in [0.1, 0.15) is 11.2 Å². The molecule has 0 aliphatic carbocycles. The molecule has 0 saturated carbocycles. The highest BCUT2D eigenvalue weighted by molar-refractivity contribution is 7.26. The van der Waals surface area contributed by atoms with Crippen LogP contribution in [0.25, 0.3) is 74.8 Å². The summed E-state index contributed by atoms with van der Waals surface area (Å²) < 4.78 is 9.30. The van der Waals surface area contributed by atoms with Crippen molar-refractivity contribution in [3.05, 3.63) is 109 Å². The van der Waals surface area contributed by atoms with E-state index >= 15 is 0 Å². The molecule has 0 aliphatic heterocycles. The number of rotatable bonds is 8. The highest BCUT2D eigenvalue weighted by Gasteiger charge is 2.15. The van der Waals surface area contributed by atoms with Gasteiger partial charge in [-0.25, -0.2) is 0 Å². The Balaban J connectivity index is 1.12. The Kier molecular flexibility index (Phi) is 6.45. The maximum absolute atomic E-state index is 6.63. The minimum absolute atomic E-state index is 0.945. The van der Waals surface area contributed by atoms with E-state index in [-0.39, 0.29) is 0 Å². The van der Waals surface area contributed by atoms with E-state index in [0.717, 1.165) is 11.2 Å². The number of hydrogen-bond acceptors (Lipinski definition) is 2. The van der Waals surface area contributed by atoms with Crippen LogP contribution in [0, 0.1) is 0 Å². The zero-order chi connectivity index (χ0) is 28.0. The third-order valence-corrected chi connectivity index (χ3v) is 10.3. The lowest BCUT2D eigenvalue weighted by molar-refractivity contribution is 0.607. The van der Waals surface area contributed by atoms with E-state index in [4.69, 9.17) is 4.42 Å². The van der Waals surface area contributed by atoms with Gasteiger partial charge < -0.3 is 4.42 Å². The van der Waals surface area contributed by atoms with Crippen molar-refractivity contribution in [2.75, 3.05) is 0 Å². The van der Waals surface area contributed by atoms with Gasteiger partial charge in [0.15, 0.2) is 0 Å². The third-order valence-electron chi connectivity index (χ3n) is 9.03. The molecule has 0 bridgehead atoms. The van der Waals surface area contributed by atoms with Crippen LogP contribution in [0.3, 0.4) is 0 Å². The molecular weight excluding hydrogens is 529 g/mol. The molecule has 0 radical (unpaired) electrons. The van der Waals surface area contributed by atoms with Crippen LogP contribution < -0.4 is 0 Å². The predicted molar refractivity (Wildman–Crippen MR) is 184 cm³/mol. The molecule has 0 saturated heterocycles. The van der Waals surface area contributed by atoms with Gasteiger partial charge in [0.25, 0.3) is 0 Å². The van der Waals surface area contributed by atoms with Gasteiger partial charge in [0.05, 0.1) is 0 Å². The topological polar surface area (TPSA) is 13.1 Å². The Hall–Kier alpha value is -4.14. The van der Waals surface area contributed by atoms with E-state index in [1.165, 1.54) is 114 Å². The first-order valence-electron chi connectivity index (χ1n) is 15.5. The van der Waals surface area contributed by atoms with Crippen LogP contribution in [0.1, 0.15) is 51.0 Å². The molecular formula is C40H34OS. The van der Waals surface area contributed by atoms with Crippen molar-refractivity contribution in [3.63, 3.8) is 0 Å². The van der Waals surface area contributed by atoms with Gasteiger partial charge in [0, 0.05) is 41.7 Å². The van der Waals surface area contributed by atoms with Gasteiger partial charge in [-0.2, -0.15) is 0 Å². The zero-order valence-electron chi connectivity index (χ0n) is 24.1. The maximum Gasteiger partial charge on any atom is 0.143 e. The summed E-state index contributed by atoms with van der Waals surface area (Å²) in [5.74, 6) is 0. The van der Waals surface area contributed by atoms with Crippen molar-refractivity contribution < 1.29 is 4.42 Å². The molecule has 0 fully saturated rings.